The Kier molecular flexibility index (Phi) is 4.33. The van der Waals surface area contributed by atoms with Gasteiger partial charge >= 0.3 is 5.69 Å². The van der Waals surface area contributed by atoms with Crippen LogP contribution in [-0.4, -0.2) is 53.2 Å². The molecule has 0 bridgehead atoms. The minimum Gasteiger partial charge on any atom is -0.343 e. The van der Waals surface area contributed by atoms with Gasteiger partial charge in [-0.15, -0.1) is 0 Å². The average molecular weight is 441 g/mol. The minimum atomic E-state index is -0.0486. The highest BCUT2D eigenvalue weighted by Crippen LogP contribution is 2.32. The Balaban J connectivity index is 1.53. The zero-order valence-electron chi connectivity index (χ0n) is 18.4. The van der Waals surface area contributed by atoms with Gasteiger partial charge in [0, 0.05) is 55.6 Å². The third kappa shape index (κ3) is 3.03. The lowest BCUT2D eigenvalue weighted by Gasteiger charge is -2.32. The Morgan fingerprint density at radius 3 is 2.67 bits per heavy atom. The van der Waals surface area contributed by atoms with E-state index in [1.54, 1.807) is 30.9 Å². The Labute approximate surface area is 188 Å². The van der Waals surface area contributed by atoms with Gasteiger partial charge in [0.2, 0.25) is 5.91 Å². The van der Waals surface area contributed by atoms with Crippen molar-refractivity contribution >= 4 is 38.9 Å². The van der Waals surface area contributed by atoms with Gasteiger partial charge < -0.3 is 4.90 Å². The second-order valence-corrected chi connectivity index (χ2v) is 8.70. The first-order valence-corrected chi connectivity index (χ1v) is 11.1. The lowest BCUT2D eigenvalue weighted by atomic mass is 10.0. The van der Waals surface area contributed by atoms with E-state index in [1.807, 2.05) is 27.8 Å². The molecule has 33 heavy (non-hydrogen) atoms. The normalized spacial score (nSPS) is 15.2. The zero-order valence-corrected chi connectivity index (χ0v) is 18.4. The highest BCUT2D eigenvalue weighted by Gasteiger charge is 2.26. The molecule has 1 fully saturated rings. The number of nitrogens with one attached hydrogen (secondary N) is 1. The summed E-state index contributed by atoms with van der Waals surface area (Å²) in [5.41, 5.74) is 5.22. The first-order valence-electron chi connectivity index (χ1n) is 11.1. The van der Waals surface area contributed by atoms with Crippen LogP contribution >= 0.6 is 0 Å². The van der Waals surface area contributed by atoms with E-state index in [0.717, 1.165) is 56.9 Å². The predicted octanol–water partition coefficient (Wildman–Crippen LogP) is 3.01. The van der Waals surface area contributed by atoms with Gasteiger partial charge in [-0.05, 0) is 36.6 Å². The Morgan fingerprint density at radius 2 is 1.88 bits per heavy atom. The number of imidazole rings is 1. The number of fused-ring (bicyclic) bond motifs is 4. The number of aryl methyl sites for hydroxylation is 1. The maximum atomic E-state index is 13.3. The van der Waals surface area contributed by atoms with Crippen molar-refractivity contribution in [3.05, 3.63) is 53.3 Å². The number of benzene rings is 1. The molecule has 1 saturated heterocycles. The summed E-state index contributed by atoms with van der Waals surface area (Å²) >= 11 is 0. The number of rotatable bonds is 2. The predicted molar refractivity (Wildman–Crippen MR) is 126 cm³/mol. The van der Waals surface area contributed by atoms with Crippen molar-refractivity contribution in [1.82, 2.24) is 34.2 Å². The van der Waals surface area contributed by atoms with Gasteiger partial charge in [0.15, 0.2) is 5.65 Å². The molecular weight excluding hydrogens is 418 g/mol. The molecule has 0 atom stereocenters. The summed E-state index contributed by atoms with van der Waals surface area (Å²) in [5.74, 6) is 0.0845. The number of nitrogens with zero attached hydrogens (tertiary/aromatic N) is 6. The molecule has 1 amide bonds. The van der Waals surface area contributed by atoms with Crippen molar-refractivity contribution < 1.29 is 4.79 Å². The molecule has 9 nitrogen and oxygen atoms in total. The number of carbonyl (C=O) groups excluding carboxylic acids is 1. The Hall–Kier alpha value is -4.01. The minimum absolute atomic E-state index is 0.0370. The summed E-state index contributed by atoms with van der Waals surface area (Å²) in [7, 11) is 1.79. The average Bonchev–Trinajstić information content (AvgIpc) is 3.41. The van der Waals surface area contributed by atoms with Crippen LogP contribution in [0.5, 0.6) is 0 Å². The summed E-state index contributed by atoms with van der Waals surface area (Å²) in [5, 5.41) is 8.81. The number of amides is 1. The largest absolute Gasteiger partial charge is 0.343 e. The third-order valence-electron chi connectivity index (χ3n) is 6.82. The smallest absolute Gasteiger partial charge is 0.329 e. The maximum absolute atomic E-state index is 13.3. The molecule has 6 rings (SSSR count). The van der Waals surface area contributed by atoms with E-state index in [9.17, 15) is 9.59 Å². The van der Waals surface area contributed by atoms with E-state index in [0.29, 0.717) is 13.1 Å². The number of hydrogen-bond donors (Lipinski definition) is 1. The number of pyridine rings is 2. The Bertz CT molecular complexity index is 1600. The number of piperidine rings is 1. The van der Waals surface area contributed by atoms with Crippen molar-refractivity contribution in [3.63, 3.8) is 0 Å². The van der Waals surface area contributed by atoms with Crippen LogP contribution in [0, 0.1) is 0 Å². The molecule has 5 heterocycles. The number of aromatic nitrogens is 6. The van der Waals surface area contributed by atoms with E-state index < -0.39 is 0 Å². The maximum Gasteiger partial charge on any atom is 0.329 e. The second kappa shape index (κ2) is 7.26. The Morgan fingerprint density at radius 1 is 1.06 bits per heavy atom. The highest BCUT2D eigenvalue weighted by molar-refractivity contribution is 6.04. The van der Waals surface area contributed by atoms with Crippen molar-refractivity contribution in [2.45, 2.75) is 25.8 Å². The highest BCUT2D eigenvalue weighted by atomic mass is 16.2. The lowest BCUT2D eigenvalue weighted by Crippen LogP contribution is -2.39. The summed E-state index contributed by atoms with van der Waals surface area (Å²) < 4.78 is 3.59. The van der Waals surface area contributed by atoms with Crippen molar-refractivity contribution in [3.8, 4) is 11.1 Å². The second-order valence-electron chi connectivity index (χ2n) is 8.70. The van der Waals surface area contributed by atoms with Gasteiger partial charge in [-0.3, -0.25) is 24.0 Å². The fourth-order valence-corrected chi connectivity index (χ4v) is 4.98. The molecule has 9 heteroatoms. The standard InChI is InChI=1S/C24H23N7O2/c1-14(32)30-7-5-18(6-8-30)31-22-19-10-15(16-9-17-12-27-28-23(17)26-11-16)3-4-20(19)25-13-21(22)29(2)24(31)33/h3-4,9-13,18H,5-8H2,1-2H3,(H,26,27,28). The monoisotopic (exact) mass is 441 g/mol. The molecule has 4 aromatic heterocycles. The zero-order chi connectivity index (χ0) is 22.7. The number of H-pyrrole nitrogens is 1. The fraction of sp³-hybridized carbons (Fsp3) is 0.292. The number of carbonyl (C=O) groups is 1. The fourth-order valence-electron chi connectivity index (χ4n) is 4.98. The summed E-state index contributed by atoms with van der Waals surface area (Å²) in [6, 6.07) is 8.20. The number of likely N-dealkylation sites (tertiary alicyclic amines) is 1. The van der Waals surface area contributed by atoms with Gasteiger partial charge in [-0.1, -0.05) is 6.07 Å². The van der Waals surface area contributed by atoms with Crippen molar-refractivity contribution in [1.29, 1.82) is 0 Å². The van der Waals surface area contributed by atoms with Crippen LogP contribution in [0.15, 0.2) is 47.7 Å². The lowest BCUT2D eigenvalue weighted by molar-refractivity contribution is -0.130. The topological polar surface area (TPSA) is 102 Å². The quantitative estimate of drug-likeness (QED) is 0.454. The van der Waals surface area contributed by atoms with Gasteiger partial charge in [0.05, 0.1) is 28.9 Å². The molecule has 0 unspecified atom stereocenters. The summed E-state index contributed by atoms with van der Waals surface area (Å²) in [6.45, 7) is 2.92. The first kappa shape index (κ1) is 19.7. The molecular formula is C24H23N7O2. The molecule has 0 aliphatic carbocycles. The number of hydrogen-bond acceptors (Lipinski definition) is 5. The molecule has 0 spiro atoms. The molecule has 1 N–H and O–H groups in total. The van der Waals surface area contributed by atoms with E-state index in [-0.39, 0.29) is 17.6 Å². The van der Waals surface area contributed by atoms with Crippen LogP contribution in [0.4, 0.5) is 0 Å². The van der Waals surface area contributed by atoms with Crippen molar-refractivity contribution in [2.75, 3.05) is 13.1 Å². The molecule has 1 aliphatic rings. The molecule has 5 aromatic rings. The van der Waals surface area contributed by atoms with Crippen LogP contribution in [-0.2, 0) is 11.8 Å². The van der Waals surface area contributed by atoms with Gasteiger partial charge in [-0.25, -0.2) is 9.78 Å². The van der Waals surface area contributed by atoms with E-state index in [1.165, 1.54) is 0 Å². The van der Waals surface area contributed by atoms with Crippen LogP contribution in [0.2, 0.25) is 0 Å². The van der Waals surface area contributed by atoms with Crippen LogP contribution in [0.1, 0.15) is 25.8 Å². The van der Waals surface area contributed by atoms with Crippen molar-refractivity contribution in [2.24, 2.45) is 7.05 Å². The van der Waals surface area contributed by atoms with Gasteiger partial charge in [0.1, 0.15) is 0 Å². The van der Waals surface area contributed by atoms with Crippen LogP contribution in [0.25, 0.3) is 44.1 Å². The van der Waals surface area contributed by atoms with Gasteiger partial charge in [-0.2, -0.15) is 5.10 Å². The molecule has 1 aliphatic heterocycles. The van der Waals surface area contributed by atoms with Crippen LogP contribution < -0.4 is 5.69 Å². The molecule has 1 aromatic carbocycles. The van der Waals surface area contributed by atoms with E-state index >= 15 is 0 Å². The SMILES string of the molecule is CC(=O)N1CCC(n2c(=O)n(C)c3cnc4ccc(-c5cnc6[nH]ncc6c5)cc4c32)CC1. The van der Waals surface area contributed by atoms with Crippen LogP contribution in [0.3, 0.4) is 0 Å². The first-order chi connectivity index (χ1) is 16.0. The summed E-state index contributed by atoms with van der Waals surface area (Å²) in [4.78, 5) is 36.0. The third-order valence-corrected chi connectivity index (χ3v) is 6.82. The molecule has 0 saturated carbocycles. The van der Waals surface area contributed by atoms with Gasteiger partial charge in [0.25, 0.3) is 0 Å². The number of aromatic amines is 1. The molecule has 0 radical (unpaired) electrons. The van der Waals surface area contributed by atoms with E-state index in [4.69, 9.17) is 0 Å². The summed E-state index contributed by atoms with van der Waals surface area (Å²) in [6.07, 6.45) is 6.87. The molecule has 166 valence electrons. The van der Waals surface area contributed by atoms with E-state index in [2.05, 4.69) is 32.3 Å².